The Morgan fingerprint density at radius 1 is 0.915 bits per heavy atom. The molecule has 260 valence electrons. The summed E-state index contributed by atoms with van der Waals surface area (Å²) in [7, 11) is 0. The van der Waals surface area contributed by atoms with E-state index in [0.717, 1.165) is 16.8 Å². The lowest BCUT2D eigenvalue weighted by Gasteiger charge is -2.28. The van der Waals surface area contributed by atoms with Crippen molar-refractivity contribution >= 4 is 35.7 Å². The average Bonchev–Trinajstić information content (AvgIpc) is 3.28. The zero-order valence-electron chi connectivity index (χ0n) is 29.5. The second-order valence-corrected chi connectivity index (χ2v) is 15.5. The molecule has 2 atom stereocenters. The molecule has 3 amide bonds. The van der Waals surface area contributed by atoms with E-state index >= 15 is 0 Å². The maximum Gasteiger partial charge on any atom is 0.413 e. The van der Waals surface area contributed by atoms with Gasteiger partial charge in [0.05, 0.1) is 0 Å². The number of hydrogen-bond acceptors (Lipinski definition) is 8. The summed E-state index contributed by atoms with van der Waals surface area (Å²) in [5.74, 6) is 0.383. The van der Waals surface area contributed by atoms with Gasteiger partial charge in [0.1, 0.15) is 22.6 Å². The number of pyridine rings is 1. The zero-order chi connectivity index (χ0) is 35.2. The van der Waals surface area contributed by atoms with Gasteiger partial charge in [-0.05, 0) is 117 Å². The minimum Gasteiger partial charge on any atom is -0.444 e. The number of benzene rings is 1. The molecule has 0 spiro atoms. The van der Waals surface area contributed by atoms with Gasteiger partial charge in [-0.25, -0.2) is 19.4 Å². The van der Waals surface area contributed by atoms with Crippen LogP contribution in [0.2, 0.25) is 5.02 Å². The Hall–Kier alpha value is -3.57. The van der Waals surface area contributed by atoms with E-state index in [1.807, 2.05) is 66.7 Å². The highest BCUT2D eigenvalue weighted by atomic mass is 35.5. The third kappa shape index (κ3) is 13.6. The lowest BCUT2D eigenvalue weighted by Crippen LogP contribution is -2.44. The number of halogens is 1. The van der Waals surface area contributed by atoms with Crippen molar-refractivity contribution in [2.24, 2.45) is 5.92 Å². The van der Waals surface area contributed by atoms with E-state index in [1.54, 1.807) is 48.8 Å². The first kappa shape index (κ1) is 37.9. The molecule has 2 heterocycles. The highest BCUT2D eigenvalue weighted by Gasteiger charge is 2.37. The standard InChI is InChI=1S/C35H52ClN5O6/c1-23-17-27(38-29(18-23)39-30(42)45-33(2,3)4)19-25-21-41(32(44)47-35(8,9)10)22-28(25)37-15-16-40(31(43)46-34(5,6)7)20-24-11-13-26(36)14-12-24/h11-14,17-18,25,28,37H,15-16,19-22H2,1-10H3,(H,38,39,42)/t25-,28+/m1/s1. The van der Waals surface area contributed by atoms with Crippen LogP contribution >= 0.6 is 11.6 Å². The largest absolute Gasteiger partial charge is 0.444 e. The number of carbonyl (C=O) groups excluding carboxylic acids is 3. The van der Waals surface area contributed by atoms with Gasteiger partial charge < -0.3 is 29.3 Å². The van der Waals surface area contributed by atoms with E-state index in [4.69, 9.17) is 30.8 Å². The van der Waals surface area contributed by atoms with Gasteiger partial charge in [0.15, 0.2) is 0 Å². The van der Waals surface area contributed by atoms with Crippen LogP contribution in [-0.2, 0) is 27.2 Å². The number of rotatable bonds is 9. The second kappa shape index (κ2) is 15.6. The lowest BCUT2D eigenvalue weighted by molar-refractivity contribution is 0.0233. The number of aromatic nitrogens is 1. The van der Waals surface area contributed by atoms with Gasteiger partial charge in [0.2, 0.25) is 0 Å². The highest BCUT2D eigenvalue weighted by Crippen LogP contribution is 2.25. The number of nitrogens with zero attached hydrogens (tertiary/aromatic N) is 3. The predicted octanol–water partition coefficient (Wildman–Crippen LogP) is 7.20. The van der Waals surface area contributed by atoms with Crippen LogP contribution in [0.4, 0.5) is 20.2 Å². The Morgan fingerprint density at radius 3 is 2.13 bits per heavy atom. The normalized spacial score (nSPS) is 16.9. The fourth-order valence-electron chi connectivity index (χ4n) is 5.13. The van der Waals surface area contributed by atoms with Gasteiger partial charge in [-0.1, -0.05) is 23.7 Å². The topological polar surface area (TPSA) is 122 Å². The van der Waals surface area contributed by atoms with E-state index in [1.165, 1.54) is 0 Å². The predicted molar refractivity (Wildman–Crippen MR) is 184 cm³/mol. The van der Waals surface area contributed by atoms with Crippen molar-refractivity contribution in [3.8, 4) is 0 Å². The minimum atomic E-state index is -0.648. The zero-order valence-corrected chi connectivity index (χ0v) is 30.3. The number of aryl methyl sites for hydroxylation is 1. The van der Waals surface area contributed by atoms with Crippen molar-refractivity contribution in [1.82, 2.24) is 20.1 Å². The molecule has 0 unspecified atom stereocenters. The van der Waals surface area contributed by atoms with Crippen LogP contribution < -0.4 is 10.6 Å². The molecule has 1 aromatic carbocycles. The SMILES string of the molecule is Cc1cc(C[C@@H]2CN(C(=O)OC(C)(C)C)C[C@@H]2NCCN(Cc2ccc(Cl)cc2)C(=O)OC(C)(C)C)nc(NC(=O)OC(C)(C)C)c1. The van der Waals surface area contributed by atoms with Crippen LogP contribution in [0.5, 0.6) is 0 Å². The number of nitrogens with one attached hydrogen (secondary N) is 2. The van der Waals surface area contributed by atoms with Gasteiger partial charge in [-0.2, -0.15) is 0 Å². The first-order valence-electron chi connectivity index (χ1n) is 16.1. The molecule has 0 radical (unpaired) electrons. The molecule has 3 rings (SSSR count). The smallest absolute Gasteiger partial charge is 0.413 e. The van der Waals surface area contributed by atoms with Crippen molar-refractivity contribution in [3.05, 3.63) is 58.2 Å². The quantitative estimate of drug-likeness (QED) is 0.268. The molecule has 0 saturated carbocycles. The Bertz CT molecular complexity index is 1380. The van der Waals surface area contributed by atoms with E-state index in [-0.39, 0.29) is 18.1 Å². The van der Waals surface area contributed by atoms with Crippen LogP contribution in [0.15, 0.2) is 36.4 Å². The highest BCUT2D eigenvalue weighted by molar-refractivity contribution is 6.30. The van der Waals surface area contributed by atoms with E-state index in [2.05, 4.69) is 10.6 Å². The van der Waals surface area contributed by atoms with E-state index < -0.39 is 29.0 Å². The summed E-state index contributed by atoms with van der Waals surface area (Å²) in [4.78, 5) is 46.8. The Balaban J connectivity index is 1.77. The summed E-state index contributed by atoms with van der Waals surface area (Å²) >= 11 is 6.08. The van der Waals surface area contributed by atoms with Gasteiger partial charge in [-0.3, -0.25) is 5.32 Å². The molecule has 1 aliphatic heterocycles. The Kier molecular flexibility index (Phi) is 12.5. The van der Waals surface area contributed by atoms with Crippen LogP contribution in [-0.4, -0.2) is 82.1 Å². The van der Waals surface area contributed by atoms with Gasteiger partial charge in [0, 0.05) is 49.5 Å². The summed E-state index contributed by atoms with van der Waals surface area (Å²) in [5, 5.41) is 6.95. The molecule has 2 aromatic rings. The molecule has 11 nitrogen and oxygen atoms in total. The third-order valence-corrected chi connectivity index (χ3v) is 7.19. The van der Waals surface area contributed by atoms with Crippen LogP contribution in [0.25, 0.3) is 0 Å². The molecule has 1 aromatic heterocycles. The van der Waals surface area contributed by atoms with Crippen molar-refractivity contribution < 1.29 is 28.6 Å². The number of anilines is 1. The van der Waals surface area contributed by atoms with Crippen molar-refractivity contribution in [2.75, 3.05) is 31.5 Å². The molecule has 12 heteroatoms. The van der Waals surface area contributed by atoms with Crippen LogP contribution in [0, 0.1) is 12.8 Å². The van der Waals surface area contributed by atoms with Crippen molar-refractivity contribution in [1.29, 1.82) is 0 Å². The molecule has 0 bridgehead atoms. The minimum absolute atomic E-state index is 0.0163. The fraction of sp³-hybridized carbons (Fsp3) is 0.600. The van der Waals surface area contributed by atoms with Gasteiger partial charge in [-0.15, -0.1) is 0 Å². The number of amides is 3. The summed E-state index contributed by atoms with van der Waals surface area (Å²) in [6, 6.07) is 11.0. The number of hydrogen-bond donors (Lipinski definition) is 2. The molecule has 1 fully saturated rings. The number of ether oxygens (including phenoxy) is 3. The van der Waals surface area contributed by atoms with Crippen LogP contribution in [0.3, 0.4) is 0 Å². The molecular formula is C35H52ClN5O6. The van der Waals surface area contributed by atoms with Crippen molar-refractivity contribution in [2.45, 2.75) is 105 Å². The number of likely N-dealkylation sites (tertiary alicyclic amines) is 1. The molecule has 1 aliphatic rings. The first-order chi connectivity index (χ1) is 21.7. The molecule has 47 heavy (non-hydrogen) atoms. The first-order valence-corrected chi connectivity index (χ1v) is 16.4. The molecule has 0 aliphatic carbocycles. The molecular weight excluding hydrogens is 622 g/mol. The average molecular weight is 674 g/mol. The second-order valence-electron chi connectivity index (χ2n) is 15.1. The Morgan fingerprint density at radius 2 is 1.53 bits per heavy atom. The monoisotopic (exact) mass is 673 g/mol. The van der Waals surface area contributed by atoms with E-state index in [9.17, 15) is 14.4 Å². The molecule has 2 N–H and O–H groups in total. The maximum atomic E-state index is 13.2. The fourth-order valence-corrected chi connectivity index (χ4v) is 5.25. The summed E-state index contributed by atoms with van der Waals surface area (Å²) < 4.78 is 16.8. The molecule has 1 saturated heterocycles. The van der Waals surface area contributed by atoms with Crippen molar-refractivity contribution in [3.63, 3.8) is 0 Å². The summed E-state index contributed by atoms with van der Waals surface area (Å²) in [5.41, 5.74) is 0.716. The maximum absolute atomic E-state index is 13.2. The van der Waals surface area contributed by atoms with Gasteiger partial charge in [0.25, 0.3) is 0 Å². The number of carbonyl (C=O) groups is 3. The van der Waals surface area contributed by atoms with Gasteiger partial charge >= 0.3 is 18.3 Å². The van der Waals surface area contributed by atoms with E-state index in [0.29, 0.717) is 50.0 Å². The van der Waals surface area contributed by atoms with Crippen LogP contribution in [0.1, 0.15) is 79.1 Å². The third-order valence-electron chi connectivity index (χ3n) is 6.94. The lowest BCUT2D eigenvalue weighted by atomic mass is 9.97. The summed E-state index contributed by atoms with van der Waals surface area (Å²) in [6.07, 6.45) is -0.829. The Labute approximate surface area is 284 Å². The summed E-state index contributed by atoms with van der Waals surface area (Å²) in [6.45, 7) is 20.5.